The second-order valence-electron chi connectivity index (χ2n) is 6.34. The van der Waals surface area contributed by atoms with Crippen LogP contribution in [0.25, 0.3) is 10.8 Å². The maximum atomic E-state index is 11.8. The molecule has 0 amide bonds. The number of hydrogen-bond acceptors (Lipinski definition) is 2. The monoisotopic (exact) mass is 328 g/mol. The van der Waals surface area contributed by atoms with Gasteiger partial charge in [0.1, 0.15) is 11.3 Å². The first-order valence-corrected chi connectivity index (χ1v) is 9.09. The van der Waals surface area contributed by atoms with Gasteiger partial charge in [0.15, 0.2) is 0 Å². The lowest BCUT2D eigenvalue weighted by Crippen LogP contribution is -2.18. The van der Waals surface area contributed by atoms with Crippen LogP contribution in [-0.2, 0) is 0 Å². The fourth-order valence-electron chi connectivity index (χ4n) is 3.07. The van der Waals surface area contributed by atoms with Crippen molar-refractivity contribution in [1.82, 2.24) is 0 Å². The molecule has 0 aliphatic carbocycles. The highest BCUT2D eigenvalue weighted by Crippen LogP contribution is 2.30. The Kier molecular flexibility index (Phi) is 7.10. The van der Waals surface area contributed by atoms with Gasteiger partial charge >= 0.3 is 5.97 Å². The molecule has 0 aromatic heterocycles. The van der Waals surface area contributed by atoms with Crippen LogP contribution in [0.3, 0.4) is 0 Å². The van der Waals surface area contributed by atoms with Gasteiger partial charge in [0.05, 0.1) is 6.10 Å². The van der Waals surface area contributed by atoms with E-state index in [4.69, 9.17) is 4.74 Å². The molecule has 2 aromatic carbocycles. The molecule has 130 valence electrons. The Morgan fingerprint density at radius 1 is 1.00 bits per heavy atom. The van der Waals surface area contributed by atoms with E-state index in [1.807, 2.05) is 36.4 Å². The van der Waals surface area contributed by atoms with E-state index in [0.717, 1.165) is 42.9 Å². The number of benzene rings is 2. The van der Waals surface area contributed by atoms with Crippen molar-refractivity contribution < 1.29 is 14.6 Å². The number of aromatic carboxylic acids is 1. The lowest BCUT2D eigenvalue weighted by atomic mass is 10.0. The van der Waals surface area contributed by atoms with Crippen molar-refractivity contribution in [3.8, 4) is 5.75 Å². The summed E-state index contributed by atoms with van der Waals surface area (Å²) >= 11 is 0. The van der Waals surface area contributed by atoms with Gasteiger partial charge in [-0.1, -0.05) is 69.9 Å². The minimum Gasteiger partial charge on any atom is -0.490 e. The first kappa shape index (κ1) is 18.3. The molecule has 2 aromatic rings. The second-order valence-corrected chi connectivity index (χ2v) is 6.34. The average molecular weight is 328 g/mol. The first-order chi connectivity index (χ1) is 11.7. The third kappa shape index (κ3) is 4.73. The SMILES string of the molecule is CCCCCC(CCCC)Oc1ccc2ccccc2c1C(=O)O. The first-order valence-electron chi connectivity index (χ1n) is 9.09. The van der Waals surface area contributed by atoms with E-state index in [0.29, 0.717) is 5.75 Å². The molecule has 0 fully saturated rings. The molecule has 0 saturated heterocycles. The number of carboxylic acids is 1. The molecular formula is C21H28O3. The van der Waals surface area contributed by atoms with E-state index in [1.165, 1.54) is 12.8 Å². The fourth-order valence-corrected chi connectivity index (χ4v) is 3.07. The quantitative estimate of drug-likeness (QED) is 0.539. The van der Waals surface area contributed by atoms with Gasteiger partial charge < -0.3 is 9.84 Å². The molecular weight excluding hydrogens is 300 g/mol. The molecule has 1 N–H and O–H groups in total. The number of fused-ring (bicyclic) bond motifs is 1. The Morgan fingerprint density at radius 3 is 2.42 bits per heavy atom. The molecule has 2 rings (SSSR count). The number of rotatable bonds is 10. The number of hydrogen-bond donors (Lipinski definition) is 1. The summed E-state index contributed by atoms with van der Waals surface area (Å²) in [5.41, 5.74) is 0.282. The van der Waals surface area contributed by atoms with E-state index < -0.39 is 5.97 Å². The van der Waals surface area contributed by atoms with Crippen LogP contribution in [0.5, 0.6) is 5.75 Å². The summed E-state index contributed by atoms with van der Waals surface area (Å²) in [6.07, 6.45) is 7.78. The molecule has 1 atom stereocenters. The second kappa shape index (κ2) is 9.31. The molecule has 0 saturated carbocycles. The van der Waals surface area contributed by atoms with Gasteiger partial charge in [-0.2, -0.15) is 0 Å². The van der Waals surface area contributed by atoms with Crippen molar-refractivity contribution in [3.05, 3.63) is 42.0 Å². The van der Waals surface area contributed by atoms with Crippen LogP contribution >= 0.6 is 0 Å². The van der Waals surface area contributed by atoms with Gasteiger partial charge in [-0.3, -0.25) is 0 Å². The van der Waals surface area contributed by atoms with E-state index in [9.17, 15) is 9.90 Å². The molecule has 0 bridgehead atoms. The zero-order valence-electron chi connectivity index (χ0n) is 14.8. The predicted molar refractivity (Wildman–Crippen MR) is 99.0 cm³/mol. The van der Waals surface area contributed by atoms with Crippen molar-refractivity contribution in [2.24, 2.45) is 0 Å². The lowest BCUT2D eigenvalue weighted by molar-refractivity contribution is 0.0690. The summed E-state index contributed by atoms with van der Waals surface area (Å²) < 4.78 is 6.18. The van der Waals surface area contributed by atoms with Gasteiger partial charge in [-0.15, -0.1) is 0 Å². The van der Waals surface area contributed by atoms with Crippen LogP contribution in [0, 0.1) is 0 Å². The Morgan fingerprint density at radius 2 is 1.71 bits per heavy atom. The molecule has 1 unspecified atom stereocenters. The normalized spacial score (nSPS) is 12.2. The van der Waals surface area contributed by atoms with E-state index in [-0.39, 0.29) is 11.7 Å². The highest BCUT2D eigenvalue weighted by molar-refractivity contribution is 6.06. The molecule has 0 heterocycles. The number of ether oxygens (including phenoxy) is 1. The summed E-state index contributed by atoms with van der Waals surface area (Å²) in [4.78, 5) is 11.8. The Balaban J connectivity index is 2.27. The molecule has 0 radical (unpaired) electrons. The van der Waals surface area contributed by atoms with Crippen molar-refractivity contribution in [2.75, 3.05) is 0 Å². The van der Waals surface area contributed by atoms with Crippen LogP contribution < -0.4 is 4.74 Å². The maximum Gasteiger partial charge on any atom is 0.340 e. The largest absolute Gasteiger partial charge is 0.490 e. The molecule has 0 spiro atoms. The summed E-state index contributed by atoms with van der Waals surface area (Å²) in [7, 11) is 0. The third-order valence-electron chi connectivity index (χ3n) is 4.41. The fraction of sp³-hybridized carbons (Fsp3) is 0.476. The number of unbranched alkanes of at least 4 members (excludes halogenated alkanes) is 3. The Labute approximate surface area is 144 Å². The molecule has 24 heavy (non-hydrogen) atoms. The average Bonchev–Trinajstić information content (AvgIpc) is 2.59. The summed E-state index contributed by atoms with van der Waals surface area (Å²) in [5.74, 6) is -0.427. The van der Waals surface area contributed by atoms with Crippen molar-refractivity contribution >= 4 is 16.7 Å². The van der Waals surface area contributed by atoms with E-state index in [2.05, 4.69) is 13.8 Å². The number of carbonyl (C=O) groups is 1. The minimum absolute atomic E-state index is 0.0933. The van der Waals surface area contributed by atoms with Gasteiger partial charge in [0.25, 0.3) is 0 Å². The molecule has 3 nitrogen and oxygen atoms in total. The number of carboxylic acid groups (broad SMARTS) is 1. The predicted octanol–water partition coefficient (Wildman–Crippen LogP) is 6.06. The highest BCUT2D eigenvalue weighted by Gasteiger charge is 2.19. The Bertz CT molecular complexity index is 663. The Hall–Kier alpha value is -2.03. The van der Waals surface area contributed by atoms with Crippen LogP contribution in [0.15, 0.2) is 36.4 Å². The smallest absolute Gasteiger partial charge is 0.340 e. The maximum absolute atomic E-state index is 11.8. The van der Waals surface area contributed by atoms with E-state index >= 15 is 0 Å². The zero-order chi connectivity index (χ0) is 17.4. The summed E-state index contributed by atoms with van der Waals surface area (Å²) in [6, 6.07) is 11.3. The van der Waals surface area contributed by atoms with Gasteiger partial charge in [-0.05, 0) is 36.1 Å². The summed E-state index contributed by atoms with van der Waals surface area (Å²) in [5, 5.41) is 11.4. The summed E-state index contributed by atoms with van der Waals surface area (Å²) in [6.45, 7) is 4.36. The van der Waals surface area contributed by atoms with Crippen molar-refractivity contribution in [1.29, 1.82) is 0 Å². The van der Waals surface area contributed by atoms with Crippen molar-refractivity contribution in [2.45, 2.75) is 64.9 Å². The molecule has 0 aliphatic heterocycles. The van der Waals surface area contributed by atoms with Gasteiger partial charge in [0.2, 0.25) is 0 Å². The zero-order valence-corrected chi connectivity index (χ0v) is 14.8. The molecule has 3 heteroatoms. The standard InChI is InChI=1S/C21H28O3/c1-3-5-7-12-17(11-6-4-2)24-19-15-14-16-10-8-9-13-18(16)20(19)21(22)23/h8-10,13-15,17H,3-7,11-12H2,1-2H3,(H,22,23). The topological polar surface area (TPSA) is 46.5 Å². The van der Waals surface area contributed by atoms with Gasteiger partial charge in [-0.25, -0.2) is 4.79 Å². The van der Waals surface area contributed by atoms with E-state index in [1.54, 1.807) is 0 Å². The molecule has 0 aliphatic rings. The van der Waals surface area contributed by atoms with Crippen LogP contribution in [0.2, 0.25) is 0 Å². The minimum atomic E-state index is -0.926. The highest BCUT2D eigenvalue weighted by atomic mass is 16.5. The lowest BCUT2D eigenvalue weighted by Gasteiger charge is -2.21. The van der Waals surface area contributed by atoms with Crippen LogP contribution in [0.4, 0.5) is 0 Å². The van der Waals surface area contributed by atoms with Crippen molar-refractivity contribution in [3.63, 3.8) is 0 Å². The van der Waals surface area contributed by atoms with Crippen LogP contribution in [-0.4, -0.2) is 17.2 Å². The van der Waals surface area contributed by atoms with Gasteiger partial charge in [0, 0.05) is 0 Å². The third-order valence-corrected chi connectivity index (χ3v) is 4.41. The van der Waals surface area contributed by atoms with Crippen LogP contribution in [0.1, 0.15) is 69.2 Å².